The molecule has 0 radical (unpaired) electrons. The van der Waals surface area contributed by atoms with Gasteiger partial charge >= 0.3 is 12.4 Å². The first kappa shape index (κ1) is 24.4. The van der Waals surface area contributed by atoms with Crippen molar-refractivity contribution in [3.8, 4) is 0 Å². The zero-order valence-electron chi connectivity index (χ0n) is 15.9. The summed E-state index contributed by atoms with van der Waals surface area (Å²) in [6, 6.07) is 0.238. The number of rotatable bonds is 6. The zero-order chi connectivity index (χ0) is 22.7. The van der Waals surface area contributed by atoms with Crippen molar-refractivity contribution in [1.29, 1.82) is 0 Å². The quantitative estimate of drug-likeness (QED) is 0.482. The predicted molar refractivity (Wildman–Crippen MR) is 92.9 cm³/mol. The number of nitrogens with zero attached hydrogens (tertiary/aromatic N) is 2. The molecule has 2 rings (SSSR count). The molecule has 0 atom stereocenters. The Hall–Kier alpha value is -1.86. The molecule has 0 saturated carbocycles. The number of alkyl halides is 6. The highest BCUT2D eigenvalue weighted by molar-refractivity contribution is 7.89. The summed E-state index contributed by atoms with van der Waals surface area (Å²) in [6.07, 6.45) is -10.2. The van der Waals surface area contributed by atoms with E-state index in [1.165, 1.54) is 4.90 Å². The molecule has 1 heterocycles. The van der Waals surface area contributed by atoms with E-state index in [0.717, 1.165) is 4.31 Å². The van der Waals surface area contributed by atoms with Gasteiger partial charge in [-0.15, -0.1) is 0 Å². The molecule has 0 N–H and O–H groups in total. The van der Waals surface area contributed by atoms with E-state index in [1.807, 2.05) is 0 Å². The molecular formula is C17H20F6N2O4S. The first-order valence-corrected chi connectivity index (χ1v) is 10.4. The molecule has 0 bridgehead atoms. The molecule has 1 aromatic rings. The second-order valence-corrected chi connectivity index (χ2v) is 8.41. The average molecular weight is 462 g/mol. The predicted octanol–water partition coefficient (Wildman–Crippen LogP) is 2.98. The highest BCUT2D eigenvalue weighted by atomic mass is 32.2. The zero-order valence-corrected chi connectivity index (χ0v) is 16.7. The molecule has 6 nitrogen and oxygen atoms in total. The maximum Gasteiger partial charge on any atom is 0.416 e. The second kappa shape index (κ2) is 9.10. The van der Waals surface area contributed by atoms with Crippen LogP contribution in [0.5, 0.6) is 0 Å². The SMILES string of the molecule is CCOCCC(=O)N1CCN(S(=O)(=O)c2cc(C(F)(F)F)cc(C(F)(F)F)c2)CC1. The van der Waals surface area contributed by atoms with Gasteiger partial charge in [-0.25, -0.2) is 8.42 Å². The molecular weight excluding hydrogens is 442 g/mol. The van der Waals surface area contributed by atoms with Crippen LogP contribution in [0.2, 0.25) is 0 Å². The summed E-state index contributed by atoms with van der Waals surface area (Å²) in [4.78, 5) is 12.3. The normalized spacial score (nSPS) is 16.7. The molecule has 0 unspecified atom stereocenters. The fourth-order valence-electron chi connectivity index (χ4n) is 2.86. The van der Waals surface area contributed by atoms with Crippen molar-refractivity contribution in [1.82, 2.24) is 9.21 Å². The van der Waals surface area contributed by atoms with E-state index >= 15 is 0 Å². The molecule has 1 aliphatic rings. The molecule has 0 spiro atoms. The fourth-order valence-corrected chi connectivity index (χ4v) is 4.36. The minimum absolute atomic E-state index is 0.0325. The third kappa shape index (κ3) is 5.85. The molecule has 1 aliphatic heterocycles. The molecule has 0 aliphatic carbocycles. The number of sulfonamides is 1. The maximum atomic E-state index is 13.0. The molecule has 1 aromatic carbocycles. The maximum absolute atomic E-state index is 13.0. The lowest BCUT2D eigenvalue weighted by Gasteiger charge is -2.34. The van der Waals surface area contributed by atoms with Crippen molar-refractivity contribution in [3.05, 3.63) is 29.3 Å². The summed E-state index contributed by atoms with van der Waals surface area (Å²) in [6.45, 7) is 1.81. The number of ether oxygens (including phenoxy) is 1. The molecule has 30 heavy (non-hydrogen) atoms. The van der Waals surface area contributed by atoms with Crippen molar-refractivity contribution in [2.45, 2.75) is 30.6 Å². The summed E-state index contributed by atoms with van der Waals surface area (Å²) >= 11 is 0. The van der Waals surface area contributed by atoms with E-state index in [9.17, 15) is 39.6 Å². The van der Waals surface area contributed by atoms with Gasteiger partial charge in [-0.1, -0.05) is 0 Å². The van der Waals surface area contributed by atoms with E-state index in [-0.39, 0.29) is 63.3 Å². The minimum atomic E-state index is -5.16. The largest absolute Gasteiger partial charge is 0.416 e. The van der Waals surface area contributed by atoms with Gasteiger partial charge in [0.25, 0.3) is 0 Å². The van der Waals surface area contributed by atoms with E-state index in [0.29, 0.717) is 6.61 Å². The van der Waals surface area contributed by atoms with Gasteiger partial charge in [-0.05, 0) is 25.1 Å². The van der Waals surface area contributed by atoms with Gasteiger partial charge in [0.15, 0.2) is 0 Å². The molecule has 1 saturated heterocycles. The number of benzene rings is 1. The summed E-state index contributed by atoms with van der Waals surface area (Å²) in [5.41, 5.74) is -3.42. The first-order chi connectivity index (χ1) is 13.8. The summed E-state index contributed by atoms with van der Waals surface area (Å²) in [5, 5.41) is 0. The molecule has 0 aromatic heterocycles. The average Bonchev–Trinajstić information content (AvgIpc) is 2.66. The van der Waals surface area contributed by atoms with Crippen LogP contribution in [0.15, 0.2) is 23.1 Å². The van der Waals surface area contributed by atoms with Gasteiger partial charge in [-0.2, -0.15) is 30.6 Å². The van der Waals surface area contributed by atoms with Gasteiger partial charge in [0, 0.05) is 32.8 Å². The van der Waals surface area contributed by atoms with E-state index in [1.54, 1.807) is 6.92 Å². The van der Waals surface area contributed by atoms with Crippen LogP contribution in [-0.4, -0.2) is 62.9 Å². The number of halogens is 6. The Morgan fingerprint density at radius 2 is 1.47 bits per heavy atom. The van der Waals surface area contributed by atoms with Gasteiger partial charge in [-0.3, -0.25) is 4.79 Å². The highest BCUT2D eigenvalue weighted by Gasteiger charge is 2.39. The number of piperazine rings is 1. The lowest BCUT2D eigenvalue weighted by atomic mass is 10.1. The summed E-state index contributed by atoms with van der Waals surface area (Å²) < 4.78 is 109. The Kier molecular flexibility index (Phi) is 7.41. The molecule has 170 valence electrons. The van der Waals surface area contributed by atoms with Crippen LogP contribution in [0, 0.1) is 0 Å². The van der Waals surface area contributed by atoms with Gasteiger partial charge in [0.05, 0.1) is 29.1 Å². The standard InChI is InChI=1S/C17H20F6N2O4S/c1-2-29-8-3-15(26)24-4-6-25(7-5-24)30(27,28)14-10-12(16(18,19)20)9-13(11-14)17(21,22)23/h9-11H,2-8H2,1H3. The monoisotopic (exact) mass is 462 g/mol. The van der Waals surface area contributed by atoms with Crippen molar-refractivity contribution in [3.63, 3.8) is 0 Å². The van der Waals surface area contributed by atoms with Gasteiger partial charge < -0.3 is 9.64 Å². The van der Waals surface area contributed by atoms with Crippen LogP contribution in [0.25, 0.3) is 0 Å². The number of amides is 1. The number of hydrogen-bond donors (Lipinski definition) is 0. The first-order valence-electron chi connectivity index (χ1n) is 8.92. The van der Waals surface area contributed by atoms with Crippen LogP contribution in [-0.2, 0) is 31.9 Å². The lowest BCUT2D eigenvalue weighted by molar-refractivity contribution is -0.143. The van der Waals surface area contributed by atoms with Gasteiger partial charge in [0.2, 0.25) is 15.9 Å². The van der Waals surface area contributed by atoms with Crippen molar-refractivity contribution >= 4 is 15.9 Å². The van der Waals surface area contributed by atoms with Crippen LogP contribution in [0.4, 0.5) is 26.3 Å². The molecule has 13 heteroatoms. The molecule has 1 amide bonds. The van der Waals surface area contributed by atoms with Crippen molar-refractivity contribution in [2.75, 3.05) is 39.4 Å². The number of hydrogen-bond acceptors (Lipinski definition) is 4. The van der Waals surface area contributed by atoms with E-state index in [2.05, 4.69) is 0 Å². The van der Waals surface area contributed by atoms with Gasteiger partial charge in [0.1, 0.15) is 0 Å². The van der Waals surface area contributed by atoms with Crippen LogP contribution in [0.3, 0.4) is 0 Å². The minimum Gasteiger partial charge on any atom is -0.381 e. The number of carbonyl (C=O) groups is 1. The Bertz CT molecular complexity index is 830. The second-order valence-electron chi connectivity index (χ2n) is 6.47. The van der Waals surface area contributed by atoms with E-state index < -0.39 is 38.4 Å². The Morgan fingerprint density at radius 1 is 0.967 bits per heavy atom. The Balaban J connectivity index is 2.23. The number of carbonyl (C=O) groups excluding carboxylic acids is 1. The third-order valence-electron chi connectivity index (χ3n) is 4.45. The highest BCUT2D eigenvalue weighted by Crippen LogP contribution is 2.37. The topological polar surface area (TPSA) is 66.9 Å². The summed E-state index contributed by atoms with van der Waals surface area (Å²) in [5.74, 6) is -0.279. The Labute approximate surface area is 169 Å². The molecule has 1 fully saturated rings. The van der Waals surface area contributed by atoms with Crippen molar-refractivity contribution in [2.24, 2.45) is 0 Å². The Morgan fingerprint density at radius 3 is 1.90 bits per heavy atom. The van der Waals surface area contributed by atoms with Crippen LogP contribution in [0.1, 0.15) is 24.5 Å². The van der Waals surface area contributed by atoms with Crippen LogP contribution >= 0.6 is 0 Å². The fraction of sp³-hybridized carbons (Fsp3) is 0.588. The van der Waals surface area contributed by atoms with Crippen molar-refractivity contribution < 1.29 is 44.3 Å². The van der Waals surface area contributed by atoms with Crippen LogP contribution < -0.4 is 0 Å². The lowest BCUT2D eigenvalue weighted by Crippen LogP contribution is -2.50. The van der Waals surface area contributed by atoms with E-state index in [4.69, 9.17) is 4.74 Å². The smallest absolute Gasteiger partial charge is 0.381 e. The summed E-state index contributed by atoms with van der Waals surface area (Å²) in [7, 11) is -4.63. The third-order valence-corrected chi connectivity index (χ3v) is 6.33.